The Morgan fingerprint density at radius 3 is 2.77 bits per heavy atom. The van der Waals surface area contributed by atoms with Crippen LogP contribution in [0.5, 0.6) is 5.75 Å². The van der Waals surface area contributed by atoms with Crippen LogP contribution in [0.15, 0.2) is 47.5 Å². The first kappa shape index (κ1) is 20.8. The Labute approximate surface area is 181 Å². The normalized spacial score (nSPS) is 15.1. The summed E-state index contributed by atoms with van der Waals surface area (Å²) in [6.07, 6.45) is 4.56. The van der Waals surface area contributed by atoms with E-state index in [0.29, 0.717) is 25.3 Å². The lowest BCUT2D eigenvalue weighted by atomic mass is 9.95. The van der Waals surface area contributed by atoms with E-state index in [-0.39, 0.29) is 24.1 Å². The lowest BCUT2D eigenvalue weighted by molar-refractivity contribution is -0.122. The maximum Gasteiger partial charge on any atom is 0.347 e. The molecule has 0 spiro atoms. The molecule has 160 valence electrons. The third-order valence-corrected chi connectivity index (χ3v) is 5.50. The molecule has 1 aromatic carbocycles. The molecule has 1 aliphatic heterocycles. The third kappa shape index (κ3) is 4.66. The average molecular weight is 418 g/mol. The smallest absolute Gasteiger partial charge is 0.347 e. The van der Waals surface area contributed by atoms with Crippen LogP contribution < -0.4 is 15.7 Å². The van der Waals surface area contributed by atoms with Crippen molar-refractivity contribution in [3.8, 4) is 16.9 Å². The first-order chi connectivity index (χ1) is 14.9. The number of amides is 1. The predicted octanol–water partition coefficient (Wildman–Crippen LogP) is 3.26. The fourth-order valence-corrected chi connectivity index (χ4v) is 3.96. The molecular formula is C24H26N4O3. The summed E-state index contributed by atoms with van der Waals surface area (Å²) >= 11 is 0. The highest BCUT2D eigenvalue weighted by Crippen LogP contribution is 2.35. The number of hydrogen-bond donors (Lipinski definition) is 1. The summed E-state index contributed by atoms with van der Waals surface area (Å²) < 4.78 is 7.34. The second kappa shape index (κ2) is 8.71. The van der Waals surface area contributed by atoms with Gasteiger partial charge in [0.1, 0.15) is 5.75 Å². The Morgan fingerprint density at radius 2 is 2.00 bits per heavy atom. The standard InChI is InChI=1S/C24H26N4O3/c1-15-10-19(14-25-13-15)18-4-5-22-20(12-18)21(7-9-31-22)27-23(29)6-8-28-17(3)11-16(2)26-24(28)30/h4-5,10-14,21H,6-9H2,1-3H3,(H,27,29). The van der Waals surface area contributed by atoms with E-state index < -0.39 is 0 Å². The molecule has 2 aromatic heterocycles. The van der Waals surface area contributed by atoms with Gasteiger partial charge < -0.3 is 10.1 Å². The van der Waals surface area contributed by atoms with Gasteiger partial charge in [0.05, 0.1) is 12.6 Å². The highest BCUT2D eigenvalue weighted by molar-refractivity contribution is 5.77. The van der Waals surface area contributed by atoms with Gasteiger partial charge in [-0.15, -0.1) is 0 Å². The number of carbonyl (C=O) groups is 1. The molecule has 3 heterocycles. The largest absolute Gasteiger partial charge is 0.493 e. The Hall–Kier alpha value is -3.48. The summed E-state index contributed by atoms with van der Waals surface area (Å²) in [6.45, 7) is 6.50. The van der Waals surface area contributed by atoms with Crippen LogP contribution in [0, 0.1) is 20.8 Å². The van der Waals surface area contributed by atoms with Crippen molar-refractivity contribution in [2.75, 3.05) is 6.61 Å². The number of hydrogen-bond acceptors (Lipinski definition) is 5. The van der Waals surface area contributed by atoms with E-state index in [1.807, 2.05) is 44.4 Å². The van der Waals surface area contributed by atoms with Gasteiger partial charge in [0.25, 0.3) is 0 Å². The minimum Gasteiger partial charge on any atom is -0.493 e. The Kier molecular flexibility index (Phi) is 5.84. The van der Waals surface area contributed by atoms with Crippen molar-refractivity contribution >= 4 is 5.91 Å². The number of aromatic nitrogens is 3. The number of carbonyl (C=O) groups excluding carboxylic acids is 1. The molecule has 0 saturated carbocycles. The Morgan fingerprint density at radius 1 is 1.16 bits per heavy atom. The molecule has 7 heteroatoms. The topological polar surface area (TPSA) is 86.1 Å². The van der Waals surface area contributed by atoms with Crippen LogP contribution in [-0.2, 0) is 11.3 Å². The average Bonchev–Trinajstić information content (AvgIpc) is 2.73. The van der Waals surface area contributed by atoms with Crippen LogP contribution in [0.2, 0.25) is 0 Å². The number of nitrogens with zero attached hydrogens (tertiary/aromatic N) is 3. The Bertz CT molecular complexity index is 1190. The summed E-state index contributed by atoms with van der Waals surface area (Å²) in [5.41, 5.74) is 5.28. The molecule has 3 aromatic rings. The maximum atomic E-state index is 12.7. The second-order valence-electron chi connectivity index (χ2n) is 7.98. The summed E-state index contributed by atoms with van der Waals surface area (Å²) in [4.78, 5) is 33.0. The molecule has 0 saturated heterocycles. The lowest BCUT2D eigenvalue weighted by Crippen LogP contribution is -2.34. The van der Waals surface area contributed by atoms with E-state index in [1.54, 1.807) is 6.92 Å². The van der Waals surface area contributed by atoms with Crippen LogP contribution in [-0.4, -0.2) is 27.0 Å². The van der Waals surface area contributed by atoms with E-state index in [0.717, 1.165) is 33.7 Å². The first-order valence-corrected chi connectivity index (χ1v) is 10.4. The Balaban J connectivity index is 1.50. The molecule has 1 unspecified atom stereocenters. The molecule has 31 heavy (non-hydrogen) atoms. The van der Waals surface area contributed by atoms with Crippen LogP contribution in [0.1, 0.15) is 41.4 Å². The van der Waals surface area contributed by atoms with Gasteiger partial charge in [-0.3, -0.25) is 14.3 Å². The zero-order chi connectivity index (χ0) is 22.0. The molecule has 0 fully saturated rings. The number of fused-ring (bicyclic) bond motifs is 1. The highest BCUT2D eigenvalue weighted by atomic mass is 16.5. The quantitative estimate of drug-likeness (QED) is 0.687. The van der Waals surface area contributed by atoms with Crippen molar-refractivity contribution in [2.45, 2.75) is 46.2 Å². The molecular weight excluding hydrogens is 392 g/mol. The van der Waals surface area contributed by atoms with Gasteiger partial charge in [0.15, 0.2) is 0 Å². The molecule has 0 radical (unpaired) electrons. The van der Waals surface area contributed by atoms with Gasteiger partial charge >= 0.3 is 5.69 Å². The van der Waals surface area contributed by atoms with Crippen molar-refractivity contribution in [1.82, 2.24) is 19.9 Å². The zero-order valence-corrected chi connectivity index (χ0v) is 18.0. The van der Waals surface area contributed by atoms with Crippen molar-refractivity contribution in [3.05, 3.63) is 75.7 Å². The van der Waals surface area contributed by atoms with Crippen LogP contribution in [0.3, 0.4) is 0 Å². The molecule has 0 aliphatic carbocycles. The second-order valence-corrected chi connectivity index (χ2v) is 7.98. The molecule has 0 bridgehead atoms. The summed E-state index contributed by atoms with van der Waals surface area (Å²) in [7, 11) is 0. The van der Waals surface area contributed by atoms with Gasteiger partial charge in [0, 0.05) is 54.3 Å². The van der Waals surface area contributed by atoms with Gasteiger partial charge in [-0.1, -0.05) is 6.07 Å². The summed E-state index contributed by atoms with van der Waals surface area (Å²) in [5.74, 6) is 0.683. The number of nitrogens with one attached hydrogen (secondary N) is 1. The molecule has 1 amide bonds. The maximum absolute atomic E-state index is 12.7. The minimum absolute atomic E-state index is 0.104. The summed E-state index contributed by atoms with van der Waals surface area (Å²) in [5, 5.41) is 3.12. The van der Waals surface area contributed by atoms with Crippen molar-refractivity contribution in [1.29, 1.82) is 0 Å². The predicted molar refractivity (Wildman–Crippen MR) is 118 cm³/mol. The number of benzene rings is 1. The monoisotopic (exact) mass is 418 g/mol. The lowest BCUT2D eigenvalue weighted by Gasteiger charge is -2.27. The first-order valence-electron chi connectivity index (χ1n) is 10.4. The van der Waals surface area contributed by atoms with Crippen molar-refractivity contribution < 1.29 is 9.53 Å². The van der Waals surface area contributed by atoms with Crippen molar-refractivity contribution in [2.24, 2.45) is 0 Å². The highest BCUT2D eigenvalue weighted by Gasteiger charge is 2.24. The van der Waals surface area contributed by atoms with Gasteiger partial charge in [-0.2, -0.15) is 4.98 Å². The number of ether oxygens (including phenoxy) is 1. The molecule has 7 nitrogen and oxygen atoms in total. The van der Waals surface area contributed by atoms with Crippen LogP contribution >= 0.6 is 0 Å². The number of pyridine rings is 1. The van der Waals surface area contributed by atoms with Gasteiger partial charge in [0.2, 0.25) is 5.91 Å². The van der Waals surface area contributed by atoms with E-state index in [1.165, 1.54) is 4.57 Å². The fourth-order valence-electron chi connectivity index (χ4n) is 3.96. The molecule has 4 rings (SSSR count). The van der Waals surface area contributed by atoms with Gasteiger partial charge in [-0.05, 0) is 56.2 Å². The molecule has 1 N–H and O–H groups in total. The van der Waals surface area contributed by atoms with Crippen molar-refractivity contribution in [3.63, 3.8) is 0 Å². The molecule has 1 atom stereocenters. The van der Waals surface area contributed by atoms with E-state index in [2.05, 4.69) is 27.4 Å². The number of rotatable bonds is 5. The van der Waals surface area contributed by atoms with E-state index in [9.17, 15) is 9.59 Å². The fraction of sp³-hybridized carbons (Fsp3) is 0.333. The minimum atomic E-state index is -0.321. The van der Waals surface area contributed by atoms with Gasteiger partial charge in [-0.25, -0.2) is 4.79 Å². The van der Waals surface area contributed by atoms with Crippen LogP contribution in [0.25, 0.3) is 11.1 Å². The SMILES string of the molecule is Cc1cncc(-c2ccc3c(c2)C(NC(=O)CCn2c(C)cc(C)nc2=O)CCO3)c1. The van der Waals surface area contributed by atoms with E-state index in [4.69, 9.17) is 4.74 Å². The third-order valence-electron chi connectivity index (χ3n) is 5.50. The molecule has 1 aliphatic rings. The zero-order valence-electron chi connectivity index (χ0n) is 18.0. The summed E-state index contributed by atoms with van der Waals surface area (Å²) in [6, 6.07) is 9.82. The van der Waals surface area contributed by atoms with E-state index >= 15 is 0 Å². The number of aryl methyl sites for hydroxylation is 3. The van der Waals surface area contributed by atoms with Crippen LogP contribution in [0.4, 0.5) is 0 Å².